The van der Waals surface area contributed by atoms with Crippen LogP contribution in [-0.4, -0.2) is 55.0 Å². The van der Waals surface area contributed by atoms with E-state index in [2.05, 4.69) is 5.32 Å². The van der Waals surface area contributed by atoms with Gasteiger partial charge < -0.3 is 5.32 Å². The first-order valence-corrected chi connectivity index (χ1v) is 11.0. The van der Waals surface area contributed by atoms with Gasteiger partial charge in [0.15, 0.2) is 0 Å². The Morgan fingerprint density at radius 2 is 1.47 bits per heavy atom. The third-order valence-corrected chi connectivity index (χ3v) is 7.00. The summed E-state index contributed by atoms with van der Waals surface area (Å²) in [5.74, 6) is -1.46. The van der Waals surface area contributed by atoms with Gasteiger partial charge in [0.25, 0.3) is 11.8 Å². The van der Waals surface area contributed by atoms with Gasteiger partial charge in [-0.3, -0.25) is 19.3 Å². The molecule has 0 unspecified atom stereocenters. The number of amides is 3. The number of benzene rings is 2. The summed E-state index contributed by atoms with van der Waals surface area (Å²) in [6, 6.07) is 12.7. The normalized spacial score (nSPS) is 13.6. The van der Waals surface area contributed by atoms with Crippen LogP contribution in [0.4, 0.5) is 0 Å². The number of nitrogens with one attached hydrogen (secondary N) is 1. The Labute approximate surface area is 175 Å². The van der Waals surface area contributed by atoms with E-state index in [0.29, 0.717) is 29.8 Å². The fourth-order valence-electron chi connectivity index (χ4n) is 3.27. The van der Waals surface area contributed by atoms with Crippen LogP contribution in [0.15, 0.2) is 53.4 Å². The average Bonchev–Trinajstić information content (AvgIpc) is 2.98. The molecule has 0 aliphatic carbocycles. The Morgan fingerprint density at radius 3 is 1.97 bits per heavy atom. The van der Waals surface area contributed by atoms with Gasteiger partial charge in [-0.2, -0.15) is 4.31 Å². The number of hydrogen-bond acceptors (Lipinski definition) is 5. The summed E-state index contributed by atoms with van der Waals surface area (Å²) in [5, 5.41) is 2.65. The second-order valence-corrected chi connectivity index (χ2v) is 8.69. The van der Waals surface area contributed by atoms with Gasteiger partial charge in [0.2, 0.25) is 15.9 Å². The number of rotatable bonds is 8. The van der Waals surface area contributed by atoms with Crippen LogP contribution in [0.1, 0.15) is 40.1 Å². The number of carbonyl (C=O) groups is 3. The standard InChI is InChI=1S/C21H23N3O5S/c1-3-23(4-2)30(28,29)16-11-9-15(10-12-16)13-22-19(25)14-24-20(26)17-7-5-6-8-18(17)21(24)27/h5-12H,3-4,13-14H2,1-2H3,(H,22,25). The number of imide groups is 1. The predicted molar refractivity (Wildman–Crippen MR) is 110 cm³/mol. The maximum Gasteiger partial charge on any atom is 0.262 e. The van der Waals surface area contributed by atoms with E-state index in [9.17, 15) is 22.8 Å². The van der Waals surface area contributed by atoms with Crippen LogP contribution in [0.3, 0.4) is 0 Å². The maximum atomic E-state index is 12.5. The second-order valence-electron chi connectivity index (χ2n) is 6.75. The second kappa shape index (κ2) is 8.76. The molecular formula is C21H23N3O5S. The van der Waals surface area contributed by atoms with Gasteiger partial charge in [0, 0.05) is 19.6 Å². The van der Waals surface area contributed by atoms with Gasteiger partial charge in [-0.05, 0) is 29.8 Å². The van der Waals surface area contributed by atoms with Crippen molar-refractivity contribution in [1.82, 2.24) is 14.5 Å². The van der Waals surface area contributed by atoms with E-state index in [-0.39, 0.29) is 18.0 Å². The van der Waals surface area contributed by atoms with Crippen LogP contribution in [0.25, 0.3) is 0 Å². The molecule has 1 heterocycles. The Hall–Kier alpha value is -3.04. The molecule has 0 fully saturated rings. The highest BCUT2D eigenvalue weighted by Gasteiger charge is 2.36. The fourth-order valence-corrected chi connectivity index (χ4v) is 4.73. The molecule has 0 spiro atoms. The molecule has 0 atom stereocenters. The molecule has 30 heavy (non-hydrogen) atoms. The highest BCUT2D eigenvalue weighted by molar-refractivity contribution is 7.89. The Kier molecular flexibility index (Phi) is 6.33. The largest absolute Gasteiger partial charge is 0.350 e. The Bertz CT molecular complexity index is 1040. The van der Waals surface area contributed by atoms with Crippen molar-refractivity contribution in [2.45, 2.75) is 25.3 Å². The molecule has 0 aromatic heterocycles. The number of nitrogens with zero attached hydrogens (tertiary/aromatic N) is 2. The van der Waals surface area contributed by atoms with Crippen molar-refractivity contribution in [3.05, 3.63) is 65.2 Å². The van der Waals surface area contributed by atoms with Crippen molar-refractivity contribution in [3.8, 4) is 0 Å². The minimum Gasteiger partial charge on any atom is -0.350 e. The van der Waals surface area contributed by atoms with Crippen LogP contribution in [0.2, 0.25) is 0 Å². The molecule has 0 radical (unpaired) electrons. The minimum atomic E-state index is -3.54. The first-order valence-electron chi connectivity index (χ1n) is 9.60. The number of hydrogen-bond donors (Lipinski definition) is 1. The molecule has 1 N–H and O–H groups in total. The Balaban J connectivity index is 1.60. The first kappa shape index (κ1) is 21.7. The molecule has 0 bridgehead atoms. The van der Waals surface area contributed by atoms with E-state index < -0.39 is 27.7 Å². The summed E-state index contributed by atoms with van der Waals surface area (Å²) >= 11 is 0. The van der Waals surface area contributed by atoms with Crippen molar-refractivity contribution in [2.75, 3.05) is 19.6 Å². The Morgan fingerprint density at radius 1 is 0.933 bits per heavy atom. The van der Waals surface area contributed by atoms with Crippen molar-refractivity contribution in [3.63, 3.8) is 0 Å². The molecular weight excluding hydrogens is 406 g/mol. The molecule has 0 saturated heterocycles. The van der Waals surface area contributed by atoms with E-state index >= 15 is 0 Å². The van der Waals surface area contributed by atoms with Crippen LogP contribution >= 0.6 is 0 Å². The van der Waals surface area contributed by atoms with E-state index in [0.717, 1.165) is 4.90 Å². The van der Waals surface area contributed by atoms with Crippen molar-refractivity contribution >= 4 is 27.7 Å². The summed E-state index contributed by atoms with van der Waals surface area (Å²) in [6.07, 6.45) is 0. The zero-order valence-electron chi connectivity index (χ0n) is 16.8. The number of sulfonamides is 1. The molecule has 2 aromatic rings. The minimum absolute atomic E-state index is 0.146. The summed E-state index contributed by atoms with van der Waals surface area (Å²) in [5.41, 5.74) is 1.28. The monoisotopic (exact) mass is 429 g/mol. The van der Waals surface area contributed by atoms with Crippen LogP contribution < -0.4 is 5.32 Å². The van der Waals surface area contributed by atoms with Gasteiger partial charge in [-0.15, -0.1) is 0 Å². The highest BCUT2D eigenvalue weighted by atomic mass is 32.2. The summed E-state index contributed by atoms with van der Waals surface area (Å²) in [7, 11) is -3.54. The van der Waals surface area contributed by atoms with Crippen molar-refractivity contribution in [1.29, 1.82) is 0 Å². The molecule has 2 aromatic carbocycles. The van der Waals surface area contributed by atoms with E-state index in [1.54, 1.807) is 50.2 Å². The summed E-state index contributed by atoms with van der Waals surface area (Å²) < 4.78 is 26.4. The van der Waals surface area contributed by atoms with Gasteiger partial charge in [0.1, 0.15) is 6.54 Å². The van der Waals surface area contributed by atoms with Crippen LogP contribution in [0.5, 0.6) is 0 Å². The third kappa shape index (κ3) is 4.12. The van der Waals surface area contributed by atoms with Crippen LogP contribution in [-0.2, 0) is 21.4 Å². The molecule has 9 heteroatoms. The molecule has 0 saturated carbocycles. The first-order chi connectivity index (χ1) is 14.3. The molecule has 3 amide bonds. The zero-order chi connectivity index (χ0) is 21.9. The van der Waals surface area contributed by atoms with Crippen molar-refractivity contribution < 1.29 is 22.8 Å². The maximum absolute atomic E-state index is 12.5. The highest BCUT2D eigenvalue weighted by Crippen LogP contribution is 2.22. The lowest BCUT2D eigenvalue weighted by Gasteiger charge is -2.18. The lowest BCUT2D eigenvalue weighted by atomic mass is 10.1. The van der Waals surface area contributed by atoms with Gasteiger partial charge >= 0.3 is 0 Å². The van der Waals surface area contributed by atoms with Gasteiger partial charge in [0.05, 0.1) is 16.0 Å². The molecule has 3 rings (SSSR count). The number of fused-ring (bicyclic) bond motifs is 1. The molecule has 8 nitrogen and oxygen atoms in total. The third-order valence-electron chi connectivity index (χ3n) is 4.94. The summed E-state index contributed by atoms with van der Waals surface area (Å²) in [6.45, 7) is 4.09. The zero-order valence-corrected chi connectivity index (χ0v) is 17.6. The number of carbonyl (C=O) groups excluding carboxylic acids is 3. The lowest BCUT2D eigenvalue weighted by molar-refractivity contribution is -0.121. The van der Waals surface area contributed by atoms with Gasteiger partial charge in [-0.25, -0.2) is 8.42 Å². The predicted octanol–water partition coefficient (Wildman–Crippen LogP) is 1.63. The van der Waals surface area contributed by atoms with Crippen LogP contribution in [0, 0.1) is 0 Å². The van der Waals surface area contributed by atoms with E-state index in [1.807, 2.05) is 0 Å². The fraction of sp³-hybridized carbons (Fsp3) is 0.286. The molecule has 158 valence electrons. The lowest BCUT2D eigenvalue weighted by Crippen LogP contribution is -2.40. The topological polar surface area (TPSA) is 104 Å². The van der Waals surface area contributed by atoms with E-state index in [4.69, 9.17) is 0 Å². The average molecular weight is 429 g/mol. The summed E-state index contributed by atoms with van der Waals surface area (Å²) in [4.78, 5) is 38.0. The smallest absolute Gasteiger partial charge is 0.262 e. The molecule has 1 aliphatic rings. The molecule has 1 aliphatic heterocycles. The van der Waals surface area contributed by atoms with E-state index in [1.165, 1.54) is 16.4 Å². The quantitative estimate of drug-likeness (QED) is 0.643. The van der Waals surface area contributed by atoms with Gasteiger partial charge in [-0.1, -0.05) is 38.1 Å². The SMILES string of the molecule is CCN(CC)S(=O)(=O)c1ccc(CNC(=O)CN2C(=O)c3ccccc3C2=O)cc1. The van der Waals surface area contributed by atoms with Crippen molar-refractivity contribution in [2.24, 2.45) is 0 Å².